The number of likely N-dealkylation sites (tertiary alicyclic amines) is 1. The molecule has 3 heterocycles. The van der Waals surface area contributed by atoms with Crippen LogP contribution in [0, 0.1) is 0 Å². The van der Waals surface area contributed by atoms with Crippen LogP contribution in [0.15, 0.2) is 31.0 Å². The van der Waals surface area contributed by atoms with E-state index in [-0.39, 0.29) is 0 Å². The summed E-state index contributed by atoms with van der Waals surface area (Å²) in [7, 11) is 1.82. The summed E-state index contributed by atoms with van der Waals surface area (Å²) < 4.78 is 0. The zero-order chi connectivity index (χ0) is 14.5. The van der Waals surface area contributed by atoms with Gasteiger partial charge in [-0.15, -0.1) is 0 Å². The molecule has 2 aromatic rings. The number of anilines is 1. The third kappa shape index (κ3) is 3.33. The minimum atomic E-state index is 0.366. The Kier molecular flexibility index (Phi) is 4.35. The summed E-state index contributed by atoms with van der Waals surface area (Å²) in [6.07, 6.45) is 10.9. The summed E-state index contributed by atoms with van der Waals surface area (Å²) in [4.78, 5) is 19.5. The van der Waals surface area contributed by atoms with Gasteiger partial charge < -0.3 is 5.32 Å². The number of nitrogens with one attached hydrogen (secondary N) is 1. The monoisotopic (exact) mass is 284 g/mol. The summed E-state index contributed by atoms with van der Waals surface area (Å²) in [5, 5.41) is 2.94. The van der Waals surface area contributed by atoms with Gasteiger partial charge in [-0.25, -0.2) is 19.9 Å². The van der Waals surface area contributed by atoms with Crippen molar-refractivity contribution in [3.63, 3.8) is 0 Å². The minimum Gasteiger partial charge on any atom is -0.357 e. The van der Waals surface area contributed by atoms with Gasteiger partial charge in [0.05, 0.1) is 11.7 Å². The molecule has 1 aliphatic heterocycles. The van der Waals surface area contributed by atoms with Crippen LogP contribution in [0.1, 0.15) is 36.6 Å². The number of hydrogen-bond acceptors (Lipinski definition) is 6. The van der Waals surface area contributed by atoms with E-state index in [1.807, 2.05) is 31.7 Å². The lowest BCUT2D eigenvalue weighted by atomic mass is 9.98. The van der Waals surface area contributed by atoms with Crippen LogP contribution in [0.5, 0.6) is 0 Å². The Labute approximate surface area is 124 Å². The fourth-order valence-corrected chi connectivity index (χ4v) is 2.81. The molecule has 3 rings (SSSR count). The maximum atomic E-state index is 4.43. The molecule has 1 aliphatic rings. The van der Waals surface area contributed by atoms with Crippen LogP contribution >= 0.6 is 0 Å². The lowest BCUT2D eigenvalue weighted by Crippen LogP contribution is -2.33. The molecule has 6 heteroatoms. The van der Waals surface area contributed by atoms with E-state index in [1.165, 1.54) is 12.8 Å². The molecule has 110 valence electrons. The van der Waals surface area contributed by atoms with Gasteiger partial charge in [0.25, 0.3) is 0 Å². The van der Waals surface area contributed by atoms with Gasteiger partial charge in [-0.2, -0.15) is 0 Å². The summed E-state index contributed by atoms with van der Waals surface area (Å²) >= 11 is 0. The summed E-state index contributed by atoms with van der Waals surface area (Å²) in [5.74, 6) is 0.657. The smallest absolute Gasteiger partial charge is 0.222 e. The van der Waals surface area contributed by atoms with E-state index in [0.29, 0.717) is 12.0 Å². The second-order valence-electron chi connectivity index (χ2n) is 5.28. The van der Waals surface area contributed by atoms with Gasteiger partial charge in [-0.3, -0.25) is 4.90 Å². The third-order valence-corrected chi connectivity index (χ3v) is 3.87. The minimum absolute atomic E-state index is 0.366. The molecule has 0 aromatic carbocycles. The zero-order valence-corrected chi connectivity index (χ0v) is 12.2. The first kappa shape index (κ1) is 13.9. The van der Waals surface area contributed by atoms with E-state index in [1.54, 1.807) is 6.33 Å². The summed E-state index contributed by atoms with van der Waals surface area (Å²) in [6, 6.07) is 2.38. The topological polar surface area (TPSA) is 66.8 Å². The Morgan fingerprint density at radius 1 is 1.24 bits per heavy atom. The van der Waals surface area contributed by atoms with Crippen molar-refractivity contribution >= 4 is 5.95 Å². The number of rotatable bonds is 4. The number of nitrogens with zero attached hydrogens (tertiary/aromatic N) is 5. The Morgan fingerprint density at radius 2 is 2.10 bits per heavy atom. The molecule has 1 unspecified atom stereocenters. The molecule has 0 bridgehead atoms. The molecule has 1 fully saturated rings. The van der Waals surface area contributed by atoms with Crippen molar-refractivity contribution in [2.75, 3.05) is 18.9 Å². The van der Waals surface area contributed by atoms with Crippen molar-refractivity contribution < 1.29 is 0 Å². The average molecular weight is 284 g/mol. The molecule has 1 saturated heterocycles. The van der Waals surface area contributed by atoms with Crippen molar-refractivity contribution in [2.45, 2.75) is 31.8 Å². The fraction of sp³-hybridized carbons (Fsp3) is 0.467. The van der Waals surface area contributed by atoms with Crippen LogP contribution in [-0.2, 0) is 6.54 Å². The molecular formula is C15H20N6. The average Bonchev–Trinajstić information content (AvgIpc) is 2.57. The Bertz CT molecular complexity index is 556. The van der Waals surface area contributed by atoms with Gasteiger partial charge in [0.2, 0.25) is 5.95 Å². The predicted molar refractivity (Wildman–Crippen MR) is 80.6 cm³/mol. The lowest BCUT2D eigenvalue weighted by Gasteiger charge is -2.35. The number of piperidine rings is 1. The first-order valence-electron chi connectivity index (χ1n) is 7.35. The van der Waals surface area contributed by atoms with Crippen LogP contribution in [0.3, 0.4) is 0 Å². The highest BCUT2D eigenvalue weighted by atomic mass is 15.2. The first-order valence-corrected chi connectivity index (χ1v) is 7.35. The molecule has 1 atom stereocenters. The van der Waals surface area contributed by atoms with Crippen molar-refractivity contribution in [3.05, 3.63) is 42.2 Å². The SMILES string of the molecule is CNc1ncc(CN2CCCCC2c2ccncn2)cn1. The normalized spacial score (nSPS) is 19.4. The Morgan fingerprint density at radius 3 is 2.81 bits per heavy atom. The zero-order valence-electron chi connectivity index (χ0n) is 12.2. The predicted octanol–water partition coefficient (Wildman–Crippen LogP) is 2.04. The van der Waals surface area contributed by atoms with Gasteiger partial charge >= 0.3 is 0 Å². The lowest BCUT2D eigenvalue weighted by molar-refractivity contribution is 0.137. The van der Waals surface area contributed by atoms with Crippen LogP contribution in [0.4, 0.5) is 5.95 Å². The van der Waals surface area contributed by atoms with Gasteiger partial charge in [0.15, 0.2) is 0 Å². The Balaban J connectivity index is 1.75. The van der Waals surface area contributed by atoms with E-state index >= 15 is 0 Å². The highest BCUT2D eigenvalue weighted by Crippen LogP contribution is 2.30. The third-order valence-electron chi connectivity index (χ3n) is 3.87. The van der Waals surface area contributed by atoms with Gasteiger partial charge in [-0.05, 0) is 25.5 Å². The van der Waals surface area contributed by atoms with E-state index in [2.05, 4.69) is 30.2 Å². The standard InChI is InChI=1S/C15H20N6/c1-16-15-18-8-12(9-19-15)10-21-7-3-2-4-14(21)13-5-6-17-11-20-13/h5-6,8-9,11,14H,2-4,7,10H2,1H3,(H,16,18,19). The molecule has 6 nitrogen and oxygen atoms in total. The fourth-order valence-electron chi connectivity index (χ4n) is 2.81. The van der Waals surface area contributed by atoms with E-state index in [9.17, 15) is 0 Å². The Hall–Kier alpha value is -2.08. The molecule has 0 radical (unpaired) electrons. The molecule has 2 aromatic heterocycles. The molecule has 1 N–H and O–H groups in total. The quantitative estimate of drug-likeness (QED) is 0.926. The second-order valence-corrected chi connectivity index (χ2v) is 5.28. The van der Waals surface area contributed by atoms with E-state index in [0.717, 1.165) is 30.8 Å². The molecular weight excluding hydrogens is 264 g/mol. The van der Waals surface area contributed by atoms with Crippen LogP contribution in [-0.4, -0.2) is 38.4 Å². The van der Waals surface area contributed by atoms with Gasteiger partial charge in [0, 0.05) is 37.7 Å². The largest absolute Gasteiger partial charge is 0.357 e. The summed E-state index contributed by atoms with van der Waals surface area (Å²) in [6.45, 7) is 1.95. The maximum Gasteiger partial charge on any atom is 0.222 e. The van der Waals surface area contributed by atoms with Crippen molar-refractivity contribution in [1.82, 2.24) is 24.8 Å². The highest BCUT2D eigenvalue weighted by molar-refractivity contribution is 5.23. The van der Waals surface area contributed by atoms with Crippen molar-refractivity contribution in [1.29, 1.82) is 0 Å². The number of aromatic nitrogens is 4. The number of hydrogen-bond donors (Lipinski definition) is 1. The van der Waals surface area contributed by atoms with Gasteiger partial charge in [0.1, 0.15) is 6.33 Å². The molecule has 21 heavy (non-hydrogen) atoms. The molecule has 0 amide bonds. The second kappa shape index (κ2) is 6.58. The van der Waals surface area contributed by atoms with E-state index < -0.39 is 0 Å². The molecule has 0 saturated carbocycles. The maximum absolute atomic E-state index is 4.43. The van der Waals surface area contributed by atoms with Crippen molar-refractivity contribution in [3.8, 4) is 0 Å². The van der Waals surface area contributed by atoms with Gasteiger partial charge in [-0.1, -0.05) is 6.42 Å². The highest BCUT2D eigenvalue weighted by Gasteiger charge is 2.25. The van der Waals surface area contributed by atoms with Crippen LogP contribution in [0.25, 0.3) is 0 Å². The van der Waals surface area contributed by atoms with Crippen molar-refractivity contribution in [2.24, 2.45) is 0 Å². The van der Waals surface area contributed by atoms with Crippen LogP contribution in [0.2, 0.25) is 0 Å². The van der Waals surface area contributed by atoms with E-state index in [4.69, 9.17) is 0 Å². The molecule has 0 aliphatic carbocycles. The molecule has 0 spiro atoms. The van der Waals surface area contributed by atoms with Crippen LogP contribution < -0.4 is 5.32 Å². The first-order chi connectivity index (χ1) is 10.4. The summed E-state index contributed by atoms with van der Waals surface area (Å²) in [5.41, 5.74) is 2.24.